The summed E-state index contributed by atoms with van der Waals surface area (Å²) in [5.74, 6) is -0.863. The van der Waals surface area contributed by atoms with Crippen LogP contribution in [0.5, 0.6) is 23.0 Å². The van der Waals surface area contributed by atoms with E-state index in [2.05, 4.69) is 0 Å². The molecule has 10 nitrogen and oxygen atoms in total. The summed E-state index contributed by atoms with van der Waals surface area (Å²) in [6.45, 7) is 0.0605. The van der Waals surface area contributed by atoms with Gasteiger partial charge in [-0.25, -0.2) is 9.59 Å². The number of carboxylic acid groups (broad SMARTS) is 2. The summed E-state index contributed by atoms with van der Waals surface area (Å²) in [6.07, 6.45) is 0. The lowest BCUT2D eigenvalue weighted by atomic mass is 9.88. The van der Waals surface area contributed by atoms with Crippen LogP contribution in [0.2, 0.25) is 0 Å². The minimum Gasteiger partial charge on any atom is -0.478 e. The zero-order chi connectivity index (χ0) is 19.4. The summed E-state index contributed by atoms with van der Waals surface area (Å²) in [7, 11) is 0. The maximum atomic E-state index is 12.1. The van der Waals surface area contributed by atoms with Crippen molar-refractivity contribution in [3.05, 3.63) is 47.5 Å². The van der Waals surface area contributed by atoms with Crippen molar-refractivity contribution in [3.63, 3.8) is 0 Å². The van der Waals surface area contributed by atoms with E-state index in [0.717, 1.165) is 0 Å². The van der Waals surface area contributed by atoms with Gasteiger partial charge in [0.1, 0.15) is 0 Å². The van der Waals surface area contributed by atoms with Crippen LogP contribution in [-0.4, -0.2) is 35.7 Å². The zero-order valence-corrected chi connectivity index (χ0v) is 15.6. The Labute approximate surface area is 169 Å². The molecule has 2 heterocycles. The number of carbonyl (C=O) groups is 2. The van der Waals surface area contributed by atoms with E-state index in [-0.39, 0.29) is 42.6 Å². The maximum Gasteiger partial charge on any atom is 0.337 e. The van der Waals surface area contributed by atoms with Crippen molar-refractivity contribution in [1.82, 2.24) is 12.3 Å². The third-order valence-corrected chi connectivity index (χ3v) is 4.75. The molecule has 0 aromatic heterocycles. The van der Waals surface area contributed by atoms with Crippen LogP contribution in [0.4, 0.5) is 0 Å². The number of fused-ring (bicyclic) bond motifs is 4. The Hall–Kier alpha value is -4.02. The van der Waals surface area contributed by atoms with Gasteiger partial charge in [0.05, 0.1) is 11.1 Å². The molecule has 0 radical (unpaired) electrons. The molecule has 0 amide bonds. The SMILES string of the molecule is N.N.O=C(O)c1cc2ccc3c(c2c(-c2ccc4c(c2)OCO4)c1C(=O)O)OCO3. The molecule has 0 fully saturated rings. The van der Waals surface area contributed by atoms with Gasteiger partial charge in [-0.3, -0.25) is 0 Å². The van der Waals surface area contributed by atoms with Crippen LogP contribution < -0.4 is 31.2 Å². The summed E-state index contributed by atoms with van der Waals surface area (Å²) in [4.78, 5) is 23.9. The first kappa shape index (κ1) is 20.7. The second-order valence-corrected chi connectivity index (χ2v) is 6.25. The number of hydrogen-bond acceptors (Lipinski definition) is 8. The monoisotopic (exact) mass is 414 g/mol. The zero-order valence-electron chi connectivity index (χ0n) is 15.6. The molecule has 2 aliphatic rings. The molecule has 0 saturated carbocycles. The molecule has 0 atom stereocenters. The Bertz CT molecular complexity index is 1190. The van der Waals surface area contributed by atoms with Crippen LogP contribution in [0, 0.1) is 0 Å². The number of benzene rings is 3. The van der Waals surface area contributed by atoms with E-state index in [9.17, 15) is 19.8 Å². The van der Waals surface area contributed by atoms with E-state index in [1.807, 2.05) is 0 Å². The fourth-order valence-corrected chi connectivity index (χ4v) is 3.58. The third-order valence-electron chi connectivity index (χ3n) is 4.75. The fraction of sp³-hybridized carbons (Fsp3) is 0.100. The standard InChI is InChI=1S/C20H12O8.2H3N/c21-19(22)11-5-9-2-4-13-18(28-8-26-13)16(9)15(17(11)20(23)24)10-1-3-12-14(6-10)27-7-25-12;;/h1-6H,7-8H2,(H,21,22)(H,23,24);2*1H3. The highest BCUT2D eigenvalue weighted by Crippen LogP contribution is 2.47. The molecule has 0 bridgehead atoms. The number of hydrogen-bond donors (Lipinski definition) is 4. The smallest absolute Gasteiger partial charge is 0.337 e. The van der Waals surface area contributed by atoms with Gasteiger partial charge in [0.25, 0.3) is 0 Å². The highest BCUT2D eigenvalue weighted by atomic mass is 16.7. The lowest BCUT2D eigenvalue weighted by molar-refractivity contribution is 0.0652. The quantitative estimate of drug-likeness (QED) is 0.493. The molecule has 5 rings (SSSR count). The van der Waals surface area contributed by atoms with E-state index in [1.54, 1.807) is 30.3 Å². The lowest BCUT2D eigenvalue weighted by Gasteiger charge is -2.16. The van der Waals surface area contributed by atoms with Crippen LogP contribution in [-0.2, 0) is 0 Å². The second-order valence-electron chi connectivity index (χ2n) is 6.25. The predicted octanol–water partition coefficient (Wildman–Crippen LogP) is 3.68. The first-order valence-electron chi connectivity index (χ1n) is 8.30. The van der Waals surface area contributed by atoms with E-state index in [1.165, 1.54) is 6.07 Å². The normalized spacial score (nSPS) is 12.8. The molecule has 30 heavy (non-hydrogen) atoms. The van der Waals surface area contributed by atoms with Crippen LogP contribution >= 0.6 is 0 Å². The van der Waals surface area contributed by atoms with Crippen molar-refractivity contribution < 1.29 is 38.7 Å². The van der Waals surface area contributed by atoms with Crippen molar-refractivity contribution in [3.8, 4) is 34.1 Å². The summed E-state index contributed by atoms with van der Waals surface area (Å²) >= 11 is 0. The van der Waals surface area contributed by atoms with Crippen molar-refractivity contribution >= 4 is 22.7 Å². The minimum absolute atomic E-state index is 0. The van der Waals surface area contributed by atoms with Crippen molar-refractivity contribution in [2.45, 2.75) is 0 Å². The maximum absolute atomic E-state index is 12.1. The summed E-state index contributed by atoms with van der Waals surface area (Å²) < 4.78 is 21.7. The van der Waals surface area contributed by atoms with Gasteiger partial charge >= 0.3 is 11.9 Å². The van der Waals surface area contributed by atoms with Crippen molar-refractivity contribution in [1.29, 1.82) is 0 Å². The lowest BCUT2D eigenvalue weighted by Crippen LogP contribution is -2.11. The molecular formula is C20H18N2O8. The first-order valence-corrected chi connectivity index (χ1v) is 8.30. The average Bonchev–Trinajstić information content (AvgIpc) is 3.34. The largest absolute Gasteiger partial charge is 0.478 e. The Morgan fingerprint density at radius 2 is 1.43 bits per heavy atom. The Balaban J connectivity index is 0.00000128. The molecule has 0 saturated heterocycles. The Kier molecular flexibility index (Phi) is 5.13. The highest BCUT2D eigenvalue weighted by Gasteiger charge is 2.29. The number of aromatic carboxylic acids is 2. The number of ether oxygens (including phenoxy) is 4. The van der Waals surface area contributed by atoms with Gasteiger partial charge in [0.15, 0.2) is 23.0 Å². The molecule has 0 aliphatic carbocycles. The van der Waals surface area contributed by atoms with Crippen molar-refractivity contribution in [2.24, 2.45) is 0 Å². The molecule has 2 aliphatic heterocycles. The molecule has 3 aromatic rings. The third kappa shape index (κ3) is 2.91. The molecule has 3 aromatic carbocycles. The van der Waals surface area contributed by atoms with Crippen LogP contribution in [0.3, 0.4) is 0 Å². The Morgan fingerprint density at radius 1 is 0.767 bits per heavy atom. The highest BCUT2D eigenvalue weighted by molar-refractivity contribution is 6.16. The number of carboxylic acids is 2. The average molecular weight is 414 g/mol. The van der Waals surface area contributed by atoms with E-state index < -0.39 is 11.9 Å². The molecule has 0 spiro atoms. The summed E-state index contributed by atoms with van der Waals surface area (Å²) in [5, 5.41) is 20.5. The van der Waals surface area contributed by atoms with E-state index >= 15 is 0 Å². The summed E-state index contributed by atoms with van der Waals surface area (Å²) in [6, 6.07) is 9.63. The number of rotatable bonds is 3. The van der Waals surface area contributed by atoms with Gasteiger partial charge in [-0.2, -0.15) is 0 Å². The Morgan fingerprint density at radius 3 is 2.17 bits per heavy atom. The van der Waals surface area contributed by atoms with Gasteiger partial charge in [0, 0.05) is 10.9 Å². The molecule has 156 valence electrons. The van der Waals surface area contributed by atoms with Gasteiger partial charge < -0.3 is 41.5 Å². The van der Waals surface area contributed by atoms with Crippen LogP contribution in [0.15, 0.2) is 36.4 Å². The first-order chi connectivity index (χ1) is 13.5. The van der Waals surface area contributed by atoms with Gasteiger partial charge in [-0.1, -0.05) is 12.1 Å². The van der Waals surface area contributed by atoms with E-state index in [0.29, 0.717) is 39.3 Å². The topological polar surface area (TPSA) is 182 Å². The van der Waals surface area contributed by atoms with Crippen molar-refractivity contribution in [2.75, 3.05) is 13.6 Å². The van der Waals surface area contributed by atoms with Crippen LogP contribution in [0.1, 0.15) is 20.7 Å². The second kappa shape index (κ2) is 7.43. The molecule has 10 heteroatoms. The van der Waals surface area contributed by atoms with E-state index in [4.69, 9.17) is 18.9 Å². The van der Waals surface area contributed by atoms with Crippen LogP contribution in [0.25, 0.3) is 21.9 Å². The molecule has 8 N–H and O–H groups in total. The molecule has 0 unspecified atom stereocenters. The van der Waals surface area contributed by atoms with Gasteiger partial charge in [0.2, 0.25) is 13.6 Å². The molecular weight excluding hydrogens is 396 g/mol. The van der Waals surface area contributed by atoms with Gasteiger partial charge in [-0.15, -0.1) is 0 Å². The fourth-order valence-electron chi connectivity index (χ4n) is 3.58. The minimum atomic E-state index is -1.36. The predicted molar refractivity (Wildman–Crippen MR) is 106 cm³/mol. The van der Waals surface area contributed by atoms with Gasteiger partial charge in [-0.05, 0) is 35.2 Å². The summed E-state index contributed by atoms with van der Waals surface area (Å²) in [5.41, 5.74) is 0.0518.